The van der Waals surface area contributed by atoms with Gasteiger partial charge in [-0.25, -0.2) is 8.42 Å². The Kier molecular flexibility index (Phi) is 9.19. The van der Waals surface area contributed by atoms with E-state index in [9.17, 15) is 18.0 Å². The Morgan fingerprint density at radius 3 is 2.53 bits per heavy atom. The number of sulfonamides is 1. The van der Waals surface area contributed by atoms with E-state index in [0.29, 0.717) is 17.2 Å². The SMILES string of the molecule is CCS(=O)(=O)N(CC(=O)N(Cc1cccc(Br)c1)[C@@H](C)C(=O)NC1CCCCC1)c1ccc2c(c1)OCO2. The molecule has 1 aliphatic heterocycles. The van der Waals surface area contributed by atoms with E-state index in [0.717, 1.165) is 46.4 Å². The van der Waals surface area contributed by atoms with Gasteiger partial charge in [0, 0.05) is 23.1 Å². The number of carbonyl (C=O) groups excluding carboxylic acids is 2. The molecule has 1 atom stereocenters. The molecule has 0 unspecified atom stereocenters. The van der Waals surface area contributed by atoms with Crippen LogP contribution in [0.25, 0.3) is 0 Å². The van der Waals surface area contributed by atoms with Crippen LogP contribution < -0.4 is 19.1 Å². The third kappa shape index (κ3) is 6.79. The zero-order chi connectivity index (χ0) is 27.3. The van der Waals surface area contributed by atoms with Crippen LogP contribution in [0.5, 0.6) is 11.5 Å². The van der Waals surface area contributed by atoms with Crippen molar-refractivity contribution in [3.8, 4) is 11.5 Å². The smallest absolute Gasteiger partial charge is 0.244 e. The van der Waals surface area contributed by atoms with Crippen LogP contribution in [0.4, 0.5) is 5.69 Å². The second-order valence-corrected chi connectivity index (χ2v) is 12.7. The number of benzene rings is 2. The number of amides is 2. The molecule has 9 nitrogen and oxygen atoms in total. The number of carbonyl (C=O) groups is 2. The minimum atomic E-state index is -3.83. The molecule has 4 rings (SSSR count). The first-order valence-corrected chi connectivity index (χ1v) is 15.3. The molecule has 0 saturated heterocycles. The minimum absolute atomic E-state index is 0.0479. The molecule has 0 aromatic heterocycles. The highest BCUT2D eigenvalue weighted by Crippen LogP contribution is 2.36. The molecule has 0 radical (unpaired) electrons. The molecule has 0 bridgehead atoms. The van der Waals surface area contributed by atoms with Gasteiger partial charge in [0.25, 0.3) is 0 Å². The lowest BCUT2D eigenvalue weighted by Gasteiger charge is -2.33. The van der Waals surface area contributed by atoms with Crippen LogP contribution in [0.2, 0.25) is 0 Å². The van der Waals surface area contributed by atoms with Crippen LogP contribution in [0.15, 0.2) is 46.9 Å². The van der Waals surface area contributed by atoms with E-state index in [4.69, 9.17) is 9.47 Å². The molecule has 2 aromatic rings. The van der Waals surface area contributed by atoms with Crippen molar-refractivity contribution in [3.63, 3.8) is 0 Å². The average Bonchev–Trinajstić information content (AvgIpc) is 3.38. The maximum absolute atomic E-state index is 13.8. The van der Waals surface area contributed by atoms with Gasteiger partial charge in [0.2, 0.25) is 28.6 Å². The Labute approximate surface area is 232 Å². The number of hydrogen-bond acceptors (Lipinski definition) is 6. The van der Waals surface area contributed by atoms with Gasteiger partial charge < -0.3 is 19.7 Å². The summed E-state index contributed by atoms with van der Waals surface area (Å²) in [6.07, 6.45) is 5.14. The van der Waals surface area contributed by atoms with Crippen molar-refractivity contribution in [2.75, 3.05) is 23.4 Å². The summed E-state index contributed by atoms with van der Waals surface area (Å²) < 4.78 is 38.9. The van der Waals surface area contributed by atoms with E-state index in [-0.39, 0.29) is 31.0 Å². The number of ether oxygens (including phenoxy) is 2. The molecule has 2 aliphatic rings. The van der Waals surface area contributed by atoms with Gasteiger partial charge in [0.1, 0.15) is 12.6 Å². The highest BCUT2D eigenvalue weighted by Gasteiger charge is 2.32. The first-order valence-electron chi connectivity index (χ1n) is 12.9. The predicted octanol–water partition coefficient (Wildman–Crippen LogP) is 4.20. The normalized spacial score (nSPS) is 16.1. The van der Waals surface area contributed by atoms with Crippen LogP contribution in [-0.2, 0) is 26.2 Å². The van der Waals surface area contributed by atoms with E-state index in [1.54, 1.807) is 25.1 Å². The van der Waals surface area contributed by atoms with E-state index in [1.165, 1.54) is 11.8 Å². The highest BCUT2D eigenvalue weighted by atomic mass is 79.9. The molecule has 2 aromatic carbocycles. The summed E-state index contributed by atoms with van der Waals surface area (Å²) in [6, 6.07) is 11.5. The minimum Gasteiger partial charge on any atom is -0.454 e. The molecule has 1 heterocycles. The largest absolute Gasteiger partial charge is 0.454 e. The number of nitrogens with zero attached hydrogens (tertiary/aromatic N) is 2. The predicted molar refractivity (Wildman–Crippen MR) is 149 cm³/mol. The van der Waals surface area contributed by atoms with Gasteiger partial charge in [-0.3, -0.25) is 13.9 Å². The summed E-state index contributed by atoms with van der Waals surface area (Å²) in [6.45, 7) is 2.96. The van der Waals surface area contributed by atoms with Gasteiger partial charge in [0.15, 0.2) is 11.5 Å². The number of halogens is 1. The Morgan fingerprint density at radius 2 is 1.82 bits per heavy atom. The third-order valence-electron chi connectivity index (χ3n) is 6.98. The molecule has 38 heavy (non-hydrogen) atoms. The number of nitrogens with one attached hydrogen (secondary N) is 1. The average molecular weight is 609 g/mol. The summed E-state index contributed by atoms with van der Waals surface area (Å²) in [7, 11) is -3.83. The number of anilines is 1. The molecule has 0 spiro atoms. The fraction of sp³-hybridized carbons (Fsp3) is 0.481. The quantitative estimate of drug-likeness (QED) is 0.434. The van der Waals surface area contributed by atoms with E-state index >= 15 is 0 Å². The van der Waals surface area contributed by atoms with Crippen molar-refractivity contribution in [1.29, 1.82) is 0 Å². The van der Waals surface area contributed by atoms with Gasteiger partial charge in [-0.15, -0.1) is 0 Å². The highest BCUT2D eigenvalue weighted by molar-refractivity contribution is 9.10. The van der Waals surface area contributed by atoms with Crippen molar-refractivity contribution >= 4 is 43.5 Å². The van der Waals surface area contributed by atoms with Crippen LogP contribution >= 0.6 is 15.9 Å². The molecular formula is C27H34BrN3O6S. The lowest BCUT2D eigenvalue weighted by molar-refractivity contribution is -0.139. The maximum atomic E-state index is 13.8. The van der Waals surface area contributed by atoms with Gasteiger partial charge in [-0.2, -0.15) is 0 Å². The summed E-state index contributed by atoms with van der Waals surface area (Å²) in [5, 5.41) is 3.10. The summed E-state index contributed by atoms with van der Waals surface area (Å²) in [4.78, 5) is 28.5. The van der Waals surface area contributed by atoms with Crippen LogP contribution in [0.1, 0.15) is 51.5 Å². The zero-order valence-corrected chi connectivity index (χ0v) is 24.1. The first kappa shape index (κ1) is 28.2. The molecule has 206 valence electrons. The lowest BCUT2D eigenvalue weighted by atomic mass is 9.95. The van der Waals surface area contributed by atoms with Crippen molar-refractivity contribution in [1.82, 2.24) is 10.2 Å². The molecule has 1 N–H and O–H groups in total. The standard InChI is InChI=1S/C27H34BrN3O6S/c1-3-38(34,35)31(23-12-13-24-25(15-23)37-18-36-24)17-26(32)30(16-20-8-7-9-21(28)14-20)19(2)27(33)29-22-10-5-4-6-11-22/h7-9,12-15,19,22H,3-6,10-11,16-18H2,1-2H3,(H,29,33)/t19-/m0/s1. The van der Waals surface area contributed by atoms with Crippen molar-refractivity contribution in [3.05, 3.63) is 52.5 Å². The van der Waals surface area contributed by atoms with Crippen molar-refractivity contribution in [2.45, 2.75) is 64.6 Å². The van der Waals surface area contributed by atoms with Gasteiger partial charge >= 0.3 is 0 Å². The van der Waals surface area contributed by atoms with Gasteiger partial charge in [-0.05, 0) is 56.5 Å². The van der Waals surface area contributed by atoms with Crippen LogP contribution in [0, 0.1) is 0 Å². The molecule has 1 fully saturated rings. The lowest BCUT2D eigenvalue weighted by Crippen LogP contribution is -2.53. The van der Waals surface area contributed by atoms with E-state index in [1.807, 2.05) is 24.3 Å². The number of rotatable bonds is 10. The monoisotopic (exact) mass is 607 g/mol. The summed E-state index contributed by atoms with van der Waals surface area (Å²) in [5.41, 5.74) is 1.11. The third-order valence-corrected chi connectivity index (χ3v) is 9.22. The second kappa shape index (κ2) is 12.4. The molecule has 1 aliphatic carbocycles. The molecule has 1 saturated carbocycles. The number of fused-ring (bicyclic) bond motifs is 1. The van der Waals surface area contributed by atoms with E-state index < -0.39 is 28.5 Å². The first-order chi connectivity index (χ1) is 18.2. The van der Waals surface area contributed by atoms with Gasteiger partial charge in [0.05, 0.1) is 11.4 Å². The van der Waals surface area contributed by atoms with Crippen molar-refractivity contribution < 1.29 is 27.5 Å². The van der Waals surface area contributed by atoms with Crippen molar-refractivity contribution in [2.24, 2.45) is 0 Å². The maximum Gasteiger partial charge on any atom is 0.244 e. The zero-order valence-electron chi connectivity index (χ0n) is 21.7. The Morgan fingerprint density at radius 1 is 1.08 bits per heavy atom. The molecule has 11 heteroatoms. The fourth-order valence-corrected chi connectivity index (χ4v) is 6.24. The molecular weight excluding hydrogens is 574 g/mol. The van der Waals surface area contributed by atoms with Gasteiger partial charge in [-0.1, -0.05) is 47.3 Å². The van der Waals surface area contributed by atoms with E-state index in [2.05, 4.69) is 21.2 Å². The second-order valence-electron chi connectivity index (χ2n) is 9.62. The Bertz CT molecular complexity index is 1270. The summed E-state index contributed by atoms with van der Waals surface area (Å²) >= 11 is 3.46. The van der Waals surface area contributed by atoms with Crippen LogP contribution in [0.3, 0.4) is 0 Å². The fourth-order valence-electron chi connectivity index (χ4n) is 4.74. The number of hydrogen-bond donors (Lipinski definition) is 1. The molecule has 2 amide bonds. The Hall–Kier alpha value is -2.79. The topological polar surface area (TPSA) is 105 Å². The van der Waals surface area contributed by atoms with Crippen LogP contribution in [-0.4, -0.2) is 56.3 Å². The summed E-state index contributed by atoms with van der Waals surface area (Å²) in [5.74, 6) is 0.00723. The Balaban J connectivity index is 1.61.